The standard InChI is InChI=1S/C22H21NO3/c1-5-17-13-19(16-8-11-21(25-3)22(12-16)26-4)20(14-23-17)15-6-9-18(24-2)10-7-15/h5-14H,1H2,2-4H3. The van der Waals surface area contributed by atoms with Crippen molar-refractivity contribution in [3.8, 4) is 39.5 Å². The summed E-state index contributed by atoms with van der Waals surface area (Å²) in [4.78, 5) is 4.47. The van der Waals surface area contributed by atoms with E-state index in [1.54, 1.807) is 27.4 Å². The summed E-state index contributed by atoms with van der Waals surface area (Å²) in [7, 11) is 4.92. The van der Waals surface area contributed by atoms with Gasteiger partial charge in [0.05, 0.1) is 27.0 Å². The Balaban J connectivity index is 2.17. The fourth-order valence-electron chi connectivity index (χ4n) is 2.83. The summed E-state index contributed by atoms with van der Waals surface area (Å²) >= 11 is 0. The van der Waals surface area contributed by atoms with Crippen LogP contribution in [0.15, 0.2) is 61.3 Å². The Labute approximate surface area is 153 Å². The van der Waals surface area contributed by atoms with Gasteiger partial charge < -0.3 is 14.2 Å². The lowest BCUT2D eigenvalue weighted by Gasteiger charge is -2.14. The van der Waals surface area contributed by atoms with Crippen LogP contribution < -0.4 is 14.2 Å². The highest BCUT2D eigenvalue weighted by molar-refractivity contribution is 5.85. The normalized spacial score (nSPS) is 10.3. The van der Waals surface area contributed by atoms with Crippen molar-refractivity contribution in [2.75, 3.05) is 21.3 Å². The smallest absolute Gasteiger partial charge is 0.161 e. The van der Waals surface area contributed by atoms with E-state index in [0.717, 1.165) is 33.7 Å². The molecule has 0 aliphatic carbocycles. The highest BCUT2D eigenvalue weighted by Gasteiger charge is 2.12. The minimum absolute atomic E-state index is 0.683. The molecule has 2 aromatic carbocycles. The molecule has 0 fully saturated rings. The average molecular weight is 347 g/mol. The van der Waals surface area contributed by atoms with Gasteiger partial charge in [-0.1, -0.05) is 24.8 Å². The molecule has 0 saturated heterocycles. The molecule has 1 aromatic heterocycles. The van der Waals surface area contributed by atoms with Crippen molar-refractivity contribution in [1.82, 2.24) is 4.98 Å². The van der Waals surface area contributed by atoms with E-state index >= 15 is 0 Å². The lowest BCUT2D eigenvalue weighted by atomic mass is 9.95. The van der Waals surface area contributed by atoms with Gasteiger partial charge in [0.2, 0.25) is 0 Å². The van der Waals surface area contributed by atoms with Crippen LogP contribution in [0.5, 0.6) is 17.2 Å². The van der Waals surface area contributed by atoms with Crippen LogP contribution >= 0.6 is 0 Å². The predicted octanol–water partition coefficient (Wildman–Crippen LogP) is 5.08. The fraction of sp³-hybridized carbons (Fsp3) is 0.136. The molecule has 0 aliphatic rings. The van der Waals surface area contributed by atoms with Crippen molar-refractivity contribution in [2.45, 2.75) is 0 Å². The summed E-state index contributed by atoms with van der Waals surface area (Å²) in [6, 6.07) is 15.8. The maximum Gasteiger partial charge on any atom is 0.161 e. The second kappa shape index (κ2) is 7.74. The minimum atomic E-state index is 0.683. The zero-order chi connectivity index (χ0) is 18.5. The number of nitrogens with zero attached hydrogens (tertiary/aromatic N) is 1. The first-order valence-electron chi connectivity index (χ1n) is 8.19. The van der Waals surface area contributed by atoms with Crippen molar-refractivity contribution >= 4 is 6.08 Å². The van der Waals surface area contributed by atoms with Gasteiger partial charge in [0.1, 0.15) is 5.75 Å². The first-order valence-corrected chi connectivity index (χ1v) is 8.19. The monoisotopic (exact) mass is 347 g/mol. The van der Waals surface area contributed by atoms with Crippen molar-refractivity contribution in [3.05, 3.63) is 67.0 Å². The van der Waals surface area contributed by atoms with Crippen LogP contribution in [0.3, 0.4) is 0 Å². The maximum atomic E-state index is 5.45. The second-order valence-electron chi connectivity index (χ2n) is 5.66. The van der Waals surface area contributed by atoms with Crippen LogP contribution in [0.1, 0.15) is 5.69 Å². The summed E-state index contributed by atoms with van der Waals surface area (Å²) in [6.45, 7) is 3.83. The van der Waals surface area contributed by atoms with Gasteiger partial charge in [-0.15, -0.1) is 0 Å². The van der Waals surface area contributed by atoms with E-state index in [-0.39, 0.29) is 0 Å². The van der Waals surface area contributed by atoms with Gasteiger partial charge in [0.25, 0.3) is 0 Å². The maximum absolute atomic E-state index is 5.45. The molecule has 0 saturated carbocycles. The molecule has 0 atom stereocenters. The van der Waals surface area contributed by atoms with Crippen LogP contribution in [0.2, 0.25) is 0 Å². The molecule has 0 radical (unpaired) electrons. The second-order valence-corrected chi connectivity index (χ2v) is 5.66. The van der Waals surface area contributed by atoms with Gasteiger partial charge in [-0.3, -0.25) is 4.98 Å². The molecule has 0 bridgehead atoms. The van der Waals surface area contributed by atoms with Crippen molar-refractivity contribution in [1.29, 1.82) is 0 Å². The van der Waals surface area contributed by atoms with Gasteiger partial charge in [-0.2, -0.15) is 0 Å². The number of benzene rings is 2. The summed E-state index contributed by atoms with van der Waals surface area (Å²) < 4.78 is 16.1. The van der Waals surface area contributed by atoms with Crippen LogP contribution in [-0.2, 0) is 0 Å². The molecule has 0 aliphatic heterocycles. The van der Waals surface area contributed by atoms with E-state index in [1.807, 2.05) is 54.7 Å². The first-order chi connectivity index (χ1) is 12.7. The number of pyridine rings is 1. The van der Waals surface area contributed by atoms with E-state index in [1.165, 1.54) is 0 Å². The van der Waals surface area contributed by atoms with Gasteiger partial charge in [0, 0.05) is 11.8 Å². The van der Waals surface area contributed by atoms with E-state index in [4.69, 9.17) is 14.2 Å². The number of aromatic nitrogens is 1. The SMILES string of the molecule is C=Cc1cc(-c2ccc(OC)c(OC)c2)c(-c2ccc(OC)cc2)cn1. The third kappa shape index (κ3) is 3.40. The number of hydrogen-bond donors (Lipinski definition) is 0. The van der Waals surface area contributed by atoms with E-state index in [9.17, 15) is 0 Å². The van der Waals surface area contributed by atoms with Crippen molar-refractivity contribution in [2.24, 2.45) is 0 Å². The summed E-state index contributed by atoms with van der Waals surface area (Å²) in [6.07, 6.45) is 3.60. The largest absolute Gasteiger partial charge is 0.497 e. The lowest BCUT2D eigenvalue weighted by Crippen LogP contribution is -1.93. The molecule has 1 heterocycles. The van der Waals surface area contributed by atoms with Crippen LogP contribution in [-0.4, -0.2) is 26.3 Å². The molecule has 0 unspecified atom stereocenters. The Morgan fingerprint density at radius 3 is 2.08 bits per heavy atom. The van der Waals surface area contributed by atoms with Crippen LogP contribution in [0.4, 0.5) is 0 Å². The molecule has 0 spiro atoms. The van der Waals surface area contributed by atoms with E-state index in [0.29, 0.717) is 11.5 Å². The van der Waals surface area contributed by atoms with E-state index < -0.39 is 0 Å². The topological polar surface area (TPSA) is 40.6 Å². The summed E-state index contributed by atoms with van der Waals surface area (Å²) in [5.74, 6) is 2.19. The Kier molecular flexibility index (Phi) is 5.23. The molecule has 4 heteroatoms. The molecule has 3 aromatic rings. The van der Waals surface area contributed by atoms with Crippen LogP contribution in [0, 0.1) is 0 Å². The highest BCUT2D eigenvalue weighted by atomic mass is 16.5. The molecule has 4 nitrogen and oxygen atoms in total. The molecular weight excluding hydrogens is 326 g/mol. The Morgan fingerprint density at radius 2 is 1.46 bits per heavy atom. The van der Waals surface area contributed by atoms with Gasteiger partial charge >= 0.3 is 0 Å². The number of methoxy groups -OCH3 is 3. The van der Waals surface area contributed by atoms with E-state index in [2.05, 4.69) is 11.6 Å². The molecule has 0 amide bonds. The zero-order valence-electron chi connectivity index (χ0n) is 15.2. The van der Waals surface area contributed by atoms with Crippen LogP contribution in [0.25, 0.3) is 28.3 Å². The highest BCUT2D eigenvalue weighted by Crippen LogP contribution is 2.37. The summed E-state index contributed by atoms with van der Waals surface area (Å²) in [5.41, 5.74) is 4.94. The number of hydrogen-bond acceptors (Lipinski definition) is 4. The molecular formula is C22H21NO3. The summed E-state index contributed by atoms with van der Waals surface area (Å²) in [5, 5.41) is 0. The Bertz CT molecular complexity index is 917. The number of rotatable bonds is 6. The molecule has 3 rings (SSSR count). The van der Waals surface area contributed by atoms with Crippen molar-refractivity contribution in [3.63, 3.8) is 0 Å². The van der Waals surface area contributed by atoms with Gasteiger partial charge in [-0.25, -0.2) is 0 Å². The first kappa shape index (κ1) is 17.5. The predicted molar refractivity (Wildman–Crippen MR) is 105 cm³/mol. The minimum Gasteiger partial charge on any atom is -0.497 e. The third-order valence-electron chi connectivity index (χ3n) is 4.23. The zero-order valence-corrected chi connectivity index (χ0v) is 15.2. The molecule has 132 valence electrons. The van der Waals surface area contributed by atoms with Crippen molar-refractivity contribution < 1.29 is 14.2 Å². The quantitative estimate of drug-likeness (QED) is 0.623. The Morgan fingerprint density at radius 1 is 0.769 bits per heavy atom. The number of ether oxygens (including phenoxy) is 3. The van der Waals surface area contributed by atoms with Gasteiger partial charge in [-0.05, 0) is 53.1 Å². The van der Waals surface area contributed by atoms with Gasteiger partial charge in [0.15, 0.2) is 11.5 Å². The average Bonchev–Trinajstić information content (AvgIpc) is 2.72. The molecule has 26 heavy (non-hydrogen) atoms. The Hall–Kier alpha value is -3.27. The third-order valence-corrected chi connectivity index (χ3v) is 4.23. The lowest BCUT2D eigenvalue weighted by molar-refractivity contribution is 0.355. The molecule has 0 N–H and O–H groups in total. The fourth-order valence-corrected chi connectivity index (χ4v) is 2.83.